The molecule has 10 heteroatoms. The Bertz CT molecular complexity index is 1440. The summed E-state index contributed by atoms with van der Waals surface area (Å²) < 4.78 is 5.61. The molecule has 1 unspecified atom stereocenters. The number of nitrogens with zero attached hydrogens (tertiary/aromatic N) is 3. The number of nitrogens with one attached hydrogen (secondary N) is 1. The standard InChI is InChI=1S/C27H23ClN4O4S/c1-36-32-14-18(22-13-19(28)7-10-21(22)24-15-37-31-30-24)6-11-25(32)23(12-16-2-3-16)26(33)29-20-8-4-17(5-9-20)27(34)35/h4-11,13-16,23H,2-3,12H2,1H3,(H-,29,33,34,35)/p+1. The average Bonchev–Trinajstić information content (AvgIpc) is 3.57. The molecule has 188 valence electrons. The molecule has 1 amide bonds. The van der Waals surface area contributed by atoms with Gasteiger partial charge in [0.2, 0.25) is 17.8 Å². The monoisotopic (exact) mass is 535 g/mol. The van der Waals surface area contributed by atoms with Gasteiger partial charge in [0.15, 0.2) is 0 Å². The first-order chi connectivity index (χ1) is 17.9. The summed E-state index contributed by atoms with van der Waals surface area (Å²) >= 11 is 7.61. The van der Waals surface area contributed by atoms with Crippen molar-refractivity contribution in [3.05, 3.63) is 82.5 Å². The number of halogens is 1. The zero-order chi connectivity index (χ0) is 25.9. The first kappa shape index (κ1) is 24.9. The molecule has 1 aliphatic carbocycles. The normalized spacial score (nSPS) is 13.7. The third kappa shape index (κ3) is 5.63. The highest BCUT2D eigenvalue weighted by molar-refractivity contribution is 7.03. The summed E-state index contributed by atoms with van der Waals surface area (Å²) in [5.41, 5.74) is 4.79. The molecule has 0 radical (unpaired) electrons. The molecule has 2 N–H and O–H groups in total. The zero-order valence-electron chi connectivity index (χ0n) is 19.9. The number of pyridine rings is 1. The minimum absolute atomic E-state index is 0.161. The number of benzene rings is 2. The lowest BCUT2D eigenvalue weighted by atomic mass is 9.94. The van der Waals surface area contributed by atoms with Crippen LogP contribution in [0.15, 0.2) is 66.2 Å². The van der Waals surface area contributed by atoms with E-state index in [-0.39, 0.29) is 11.5 Å². The molecule has 0 bridgehead atoms. The molecule has 0 aliphatic heterocycles. The van der Waals surface area contributed by atoms with Crippen molar-refractivity contribution in [2.75, 3.05) is 12.4 Å². The van der Waals surface area contributed by atoms with Crippen LogP contribution in [0.5, 0.6) is 0 Å². The van der Waals surface area contributed by atoms with E-state index in [4.69, 9.17) is 21.5 Å². The molecule has 2 aromatic carbocycles. The van der Waals surface area contributed by atoms with Gasteiger partial charge in [-0.25, -0.2) is 4.79 Å². The number of carboxylic acid groups (broad SMARTS) is 1. The van der Waals surface area contributed by atoms with Crippen LogP contribution in [0, 0.1) is 5.92 Å². The zero-order valence-corrected chi connectivity index (χ0v) is 21.5. The fraction of sp³-hybridized carbons (Fsp3) is 0.222. The molecule has 2 heterocycles. The lowest BCUT2D eigenvalue weighted by molar-refractivity contribution is -0.890. The summed E-state index contributed by atoms with van der Waals surface area (Å²) in [4.78, 5) is 30.3. The van der Waals surface area contributed by atoms with Crippen molar-refractivity contribution < 1.29 is 24.3 Å². The highest BCUT2D eigenvalue weighted by atomic mass is 35.5. The molecule has 1 fully saturated rings. The van der Waals surface area contributed by atoms with Gasteiger partial charge in [0.25, 0.3) is 0 Å². The summed E-state index contributed by atoms with van der Waals surface area (Å²) in [7, 11) is 1.56. The molecule has 5 rings (SSSR count). The fourth-order valence-electron chi connectivity index (χ4n) is 4.31. The number of carboxylic acids is 1. The Morgan fingerprint density at radius 3 is 2.59 bits per heavy atom. The lowest BCUT2D eigenvalue weighted by Crippen LogP contribution is -2.47. The molecule has 2 aromatic heterocycles. The molecule has 8 nitrogen and oxygen atoms in total. The van der Waals surface area contributed by atoms with E-state index < -0.39 is 11.9 Å². The summed E-state index contributed by atoms with van der Waals surface area (Å²) in [6.07, 6.45) is 4.72. The molecule has 0 spiro atoms. The molecular formula is C27H24ClN4O4S+. The number of aromatic nitrogens is 3. The Balaban J connectivity index is 1.48. The Labute approximate surface area is 222 Å². The Morgan fingerprint density at radius 2 is 1.95 bits per heavy atom. The molecule has 1 saturated carbocycles. The van der Waals surface area contributed by atoms with Crippen LogP contribution in [-0.4, -0.2) is 33.7 Å². The van der Waals surface area contributed by atoms with Crippen LogP contribution in [-0.2, 0) is 4.79 Å². The molecule has 4 aromatic rings. The van der Waals surface area contributed by atoms with Crippen LogP contribution in [0.25, 0.3) is 22.4 Å². The van der Waals surface area contributed by atoms with Gasteiger partial charge in [0.05, 0.1) is 11.1 Å². The van der Waals surface area contributed by atoms with Crippen molar-refractivity contribution in [1.29, 1.82) is 0 Å². The topological polar surface area (TPSA) is 105 Å². The van der Waals surface area contributed by atoms with E-state index in [1.165, 1.54) is 23.7 Å². The highest BCUT2D eigenvalue weighted by Crippen LogP contribution is 2.39. The minimum Gasteiger partial charge on any atom is -0.478 e. The van der Waals surface area contributed by atoms with Crippen molar-refractivity contribution in [2.45, 2.75) is 25.2 Å². The van der Waals surface area contributed by atoms with Crippen LogP contribution in [0.4, 0.5) is 5.69 Å². The van der Waals surface area contributed by atoms with Crippen molar-refractivity contribution in [2.24, 2.45) is 5.92 Å². The third-order valence-corrected chi connectivity index (χ3v) is 7.15. The lowest BCUT2D eigenvalue weighted by Gasteiger charge is -2.15. The minimum atomic E-state index is -1.01. The summed E-state index contributed by atoms with van der Waals surface area (Å²) in [5.74, 6) is -1.17. The number of rotatable bonds is 9. The maximum absolute atomic E-state index is 13.4. The van der Waals surface area contributed by atoms with E-state index in [0.29, 0.717) is 23.0 Å². The number of amides is 1. The molecular weight excluding hydrogens is 512 g/mol. The first-order valence-corrected chi connectivity index (χ1v) is 13.0. The molecule has 1 atom stereocenters. The first-order valence-electron chi connectivity index (χ1n) is 11.7. The van der Waals surface area contributed by atoms with Crippen LogP contribution in [0.1, 0.15) is 41.2 Å². The van der Waals surface area contributed by atoms with Gasteiger partial charge >= 0.3 is 5.97 Å². The maximum Gasteiger partial charge on any atom is 0.335 e. The number of anilines is 1. The predicted molar refractivity (Wildman–Crippen MR) is 141 cm³/mol. The van der Waals surface area contributed by atoms with Gasteiger partial charge in [-0.1, -0.05) is 35.0 Å². The number of hydrogen-bond acceptors (Lipinski definition) is 6. The van der Waals surface area contributed by atoms with Crippen molar-refractivity contribution in [3.8, 4) is 22.4 Å². The molecule has 0 saturated heterocycles. The highest BCUT2D eigenvalue weighted by Gasteiger charge is 2.36. The number of carbonyl (C=O) groups is 2. The summed E-state index contributed by atoms with van der Waals surface area (Å²) in [5, 5.41) is 18.8. The van der Waals surface area contributed by atoms with Gasteiger partial charge in [-0.15, -0.1) is 5.10 Å². The van der Waals surface area contributed by atoms with Crippen LogP contribution >= 0.6 is 23.1 Å². The smallest absolute Gasteiger partial charge is 0.335 e. The van der Waals surface area contributed by atoms with Gasteiger partial charge < -0.3 is 10.4 Å². The molecule has 1 aliphatic rings. The van der Waals surface area contributed by atoms with E-state index in [1.807, 2.05) is 41.9 Å². The number of hydrogen-bond donors (Lipinski definition) is 2. The Kier molecular flexibility index (Phi) is 7.16. The van der Waals surface area contributed by atoms with Gasteiger partial charge in [0, 0.05) is 32.5 Å². The van der Waals surface area contributed by atoms with Gasteiger partial charge in [-0.05, 0) is 71.9 Å². The average molecular weight is 536 g/mol. The Morgan fingerprint density at radius 1 is 1.16 bits per heavy atom. The third-order valence-electron chi connectivity index (χ3n) is 6.41. The predicted octanol–water partition coefficient (Wildman–Crippen LogP) is 5.09. The summed E-state index contributed by atoms with van der Waals surface area (Å²) in [6.45, 7) is 0. The SMILES string of the molecule is CO[n+]1cc(-c2cc(Cl)ccc2-c2csnn2)ccc1C(CC1CC1)C(=O)Nc1ccc(C(=O)O)cc1. The van der Waals surface area contributed by atoms with Crippen LogP contribution in [0.3, 0.4) is 0 Å². The van der Waals surface area contributed by atoms with Crippen LogP contribution < -0.4 is 14.9 Å². The molecule has 37 heavy (non-hydrogen) atoms. The second-order valence-corrected chi connectivity index (χ2v) is 9.98. The van der Waals surface area contributed by atoms with Crippen molar-refractivity contribution in [1.82, 2.24) is 9.59 Å². The number of aromatic carboxylic acids is 1. The second-order valence-electron chi connectivity index (χ2n) is 8.93. The fourth-order valence-corrected chi connectivity index (χ4v) is 4.94. The largest absolute Gasteiger partial charge is 0.478 e. The van der Waals surface area contributed by atoms with E-state index in [9.17, 15) is 9.59 Å². The van der Waals surface area contributed by atoms with E-state index in [2.05, 4.69) is 14.9 Å². The summed E-state index contributed by atoms with van der Waals surface area (Å²) in [6, 6.07) is 15.6. The Hall–Kier alpha value is -3.82. The van der Waals surface area contributed by atoms with Crippen LogP contribution in [0.2, 0.25) is 5.02 Å². The van der Waals surface area contributed by atoms with E-state index >= 15 is 0 Å². The quantitative estimate of drug-likeness (QED) is 0.289. The van der Waals surface area contributed by atoms with Crippen molar-refractivity contribution in [3.63, 3.8) is 0 Å². The number of carbonyl (C=O) groups excluding carboxylic acids is 1. The van der Waals surface area contributed by atoms with Gasteiger partial charge in [0.1, 0.15) is 18.7 Å². The maximum atomic E-state index is 13.4. The van der Waals surface area contributed by atoms with E-state index in [1.54, 1.807) is 24.0 Å². The van der Waals surface area contributed by atoms with Crippen molar-refractivity contribution >= 4 is 40.7 Å². The van der Waals surface area contributed by atoms with Gasteiger partial charge in [-0.2, -0.15) is 0 Å². The van der Waals surface area contributed by atoms with Gasteiger partial charge in [-0.3, -0.25) is 9.63 Å². The van der Waals surface area contributed by atoms with E-state index in [0.717, 1.165) is 40.9 Å². The second kappa shape index (κ2) is 10.7.